The summed E-state index contributed by atoms with van der Waals surface area (Å²) in [7, 11) is -8.97. The van der Waals surface area contributed by atoms with Crippen molar-refractivity contribution in [2.45, 2.75) is 9.79 Å². The maximum absolute atomic E-state index is 11.1. The van der Waals surface area contributed by atoms with Crippen molar-refractivity contribution in [2.24, 2.45) is 0 Å². The number of benzene rings is 2. The molecule has 0 fully saturated rings. The predicted octanol–water partition coefficient (Wildman–Crippen LogP) is -4.16. The van der Waals surface area contributed by atoms with Gasteiger partial charge in [0, 0.05) is 0 Å². The molecular formula is C12H7Na2O6PS2. The van der Waals surface area contributed by atoms with E-state index in [-0.39, 0.29) is 77.1 Å². The minimum atomic E-state index is -4.59. The third-order valence-corrected chi connectivity index (χ3v) is 6.19. The number of hydrogen-bond donors (Lipinski definition) is 0. The Labute approximate surface area is 178 Å². The van der Waals surface area contributed by atoms with Gasteiger partial charge in [0.1, 0.15) is 20.2 Å². The monoisotopic (exact) mass is 388 g/mol. The summed E-state index contributed by atoms with van der Waals surface area (Å²) in [6.45, 7) is 0. The van der Waals surface area contributed by atoms with Crippen LogP contribution in [-0.2, 0) is 20.2 Å². The molecule has 0 atom stereocenters. The van der Waals surface area contributed by atoms with E-state index >= 15 is 0 Å². The summed E-state index contributed by atoms with van der Waals surface area (Å²) >= 11 is 0. The van der Waals surface area contributed by atoms with Crippen molar-refractivity contribution < 1.29 is 85.1 Å². The summed E-state index contributed by atoms with van der Waals surface area (Å²) < 4.78 is 66.4. The van der Waals surface area contributed by atoms with E-state index in [1.807, 2.05) is 0 Å². The third kappa shape index (κ3) is 4.40. The summed E-state index contributed by atoms with van der Waals surface area (Å²) in [6.07, 6.45) is 0. The Balaban J connectivity index is 0.00000132. The molecule has 23 heavy (non-hydrogen) atoms. The van der Waals surface area contributed by atoms with Crippen molar-refractivity contribution >= 4 is 49.4 Å². The first kappa shape index (κ1) is 21.6. The maximum atomic E-state index is 11.1. The molecule has 0 spiro atoms. The zero-order valence-electron chi connectivity index (χ0n) is 12.2. The van der Waals surface area contributed by atoms with Gasteiger partial charge in [0.15, 0.2) is 0 Å². The summed E-state index contributed by atoms with van der Waals surface area (Å²) in [5.74, 6) is 0. The molecule has 3 aromatic rings. The van der Waals surface area contributed by atoms with Crippen molar-refractivity contribution in [1.29, 1.82) is 0 Å². The molecule has 0 saturated carbocycles. The average molecular weight is 388 g/mol. The van der Waals surface area contributed by atoms with E-state index in [0.29, 0.717) is 10.8 Å². The fourth-order valence-electron chi connectivity index (χ4n) is 2.17. The summed E-state index contributed by atoms with van der Waals surface area (Å²) in [4.78, 5) is -0.761. The minimum absolute atomic E-state index is 0. The molecule has 0 aliphatic rings. The van der Waals surface area contributed by atoms with Crippen LogP contribution in [0.2, 0.25) is 0 Å². The van der Waals surface area contributed by atoms with E-state index < -0.39 is 20.2 Å². The fraction of sp³-hybridized carbons (Fsp3) is 0. The predicted molar refractivity (Wildman–Crippen MR) is 76.9 cm³/mol. The molecule has 1 aromatic heterocycles. The molecular weight excluding hydrogens is 381 g/mol. The Morgan fingerprint density at radius 2 is 1.04 bits per heavy atom. The van der Waals surface area contributed by atoms with Gasteiger partial charge in [-0.25, -0.2) is 16.8 Å². The van der Waals surface area contributed by atoms with Crippen LogP contribution in [0.25, 0.3) is 21.0 Å². The molecule has 0 aliphatic carbocycles. The number of fused-ring (bicyclic) bond motifs is 3. The number of hydrogen-bond acceptors (Lipinski definition) is 6. The van der Waals surface area contributed by atoms with E-state index in [2.05, 4.69) is 0 Å². The van der Waals surface area contributed by atoms with Gasteiger partial charge in [0.2, 0.25) is 0 Å². The van der Waals surface area contributed by atoms with Crippen LogP contribution in [0, 0.1) is 0 Å². The zero-order valence-corrected chi connectivity index (χ0v) is 18.9. The smallest absolute Gasteiger partial charge is 0.744 e. The molecule has 0 N–H and O–H groups in total. The second kappa shape index (κ2) is 7.43. The van der Waals surface area contributed by atoms with Gasteiger partial charge in [-0.05, 0) is 57.4 Å². The molecule has 0 radical (unpaired) electrons. The van der Waals surface area contributed by atoms with E-state index in [9.17, 15) is 25.9 Å². The molecule has 0 aliphatic heterocycles. The first-order valence-electron chi connectivity index (χ1n) is 5.63. The van der Waals surface area contributed by atoms with Crippen LogP contribution in [0.3, 0.4) is 0 Å². The van der Waals surface area contributed by atoms with Gasteiger partial charge in [-0.15, -0.1) is 8.19 Å². The van der Waals surface area contributed by atoms with Crippen LogP contribution in [0.5, 0.6) is 0 Å². The van der Waals surface area contributed by atoms with Crippen molar-refractivity contribution in [3.8, 4) is 0 Å². The van der Waals surface area contributed by atoms with E-state index in [1.165, 1.54) is 36.4 Å². The van der Waals surface area contributed by atoms with Crippen molar-refractivity contribution in [1.82, 2.24) is 0 Å². The first-order valence-corrected chi connectivity index (χ1v) is 9.45. The third-order valence-electron chi connectivity index (χ3n) is 3.12. The Kier molecular flexibility index (Phi) is 6.98. The summed E-state index contributed by atoms with van der Waals surface area (Å²) in [6, 6.07) is 7.96. The molecule has 0 saturated heterocycles. The quantitative estimate of drug-likeness (QED) is 0.325. The van der Waals surface area contributed by atoms with Crippen LogP contribution in [0.4, 0.5) is 0 Å². The van der Waals surface area contributed by atoms with Gasteiger partial charge in [-0.3, -0.25) is 0 Å². The van der Waals surface area contributed by atoms with Gasteiger partial charge in [-0.2, -0.15) is 0 Å². The molecule has 110 valence electrons. The maximum Gasteiger partial charge on any atom is 1.00 e. The first-order chi connectivity index (χ1) is 9.66. The summed E-state index contributed by atoms with van der Waals surface area (Å²) in [5, 5.41) is 2.56. The topological polar surface area (TPSA) is 114 Å². The molecule has 3 rings (SSSR count). The molecule has 2 aromatic carbocycles. The average Bonchev–Trinajstić information content (AvgIpc) is 2.73. The van der Waals surface area contributed by atoms with Crippen LogP contribution in [0.15, 0.2) is 46.2 Å². The minimum Gasteiger partial charge on any atom is -0.744 e. The number of rotatable bonds is 2. The van der Waals surface area contributed by atoms with Gasteiger partial charge in [-0.1, -0.05) is 0 Å². The van der Waals surface area contributed by atoms with Gasteiger partial charge in [0.25, 0.3) is 0 Å². The SMILES string of the molecule is O=S(=O)([O-])c1ccc2[pH]c3ccc(S(=O)(=O)[O-])cc3c2c1.[Na+].[Na+]. The molecule has 1 heterocycles. The van der Waals surface area contributed by atoms with Crippen LogP contribution in [-0.4, -0.2) is 25.9 Å². The molecule has 0 unspecified atom stereocenters. The summed E-state index contributed by atoms with van der Waals surface area (Å²) in [5.41, 5.74) is 0. The molecule has 0 bridgehead atoms. The Bertz CT molecular complexity index is 1000. The normalized spacial score (nSPS) is 11.9. The van der Waals surface area contributed by atoms with E-state index in [1.54, 1.807) is 0 Å². The van der Waals surface area contributed by atoms with Gasteiger partial charge in [0.05, 0.1) is 9.79 Å². The molecule has 6 nitrogen and oxygen atoms in total. The standard InChI is InChI=1S/C12H9O6PS2.2Na/c13-20(14,15)7-1-3-11-9(5-7)10-6-8(21(16,17)18)2-4-12(10)19-11;;/h1-6,19H,(H,13,14,15)(H,16,17,18);;/q;2*+1/p-2. The fourth-order valence-corrected chi connectivity index (χ4v) is 4.47. The Morgan fingerprint density at radius 3 is 1.35 bits per heavy atom. The van der Waals surface area contributed by atoms with Gasteiger partial charge < -0.3 is 9.11 Å². The zero-order chi connectivity index (χ0) is 15.4. The van der Waals surface area contributed by atoms with Gasteiger partial charge >= 0.3 is 59.1 Å². The van der Waals surface area contributed by atoms with Crippen molar-refractivity contribution in [2.75, 3.05) is 0 Å². The van der Waals surface area contributed by atoms with Crippen LogP contribution >= 0.6 is 8.19 Å². The van der Waals surface area contributed by atoms with Crippen LogP contribution < -0.4 is 59.1 Å². The Hall–Kier alpha value is 0.560. The second-order valence-corrected chi connectivity index (χ2v) is 8.53. The second-order valence-electron chi connectivity index (χ2n) is 4.45. The molecule has 11 heteroatoms. The van der Waals surface area contributed by atoms with E-state index in [0.717, 1.165) is 10.2 Å². The van der Waals surface area contributed by atoms with Crippen LogP contribution in [0.1, 0.15) is 0 Å². The van der Waals surface area contributed by atoms with E-state index in [4.69, 9.17) is 0 Å². The van der Waals surface area contributed by atoms with Crippen molar-refractivity contribution in [3.63, 3.8) is 0 Å². The van der Waals surface area contributed by atoms with Crippen molar-refractivity contribution in [3.05, 3.63) is 36.4 Å². The Morgan fingerprint density at radius 1 is 0.696 bits per heavy atom. The largest absolute Gasteiger partial charge is 1.00 e. The molecule has 0 amide bonds.